The van der Waals surface area contributed by atoms with Crippen LogP contribution in [0.1, 0.15) is 34.8 Å². The van der Waals surface area contributed by atoms with Gasteiger partial charge >= 0.3 is 6.61 Å². The zero-order valence-corrected chi connectivity index (χ0v) is 17.5. The third kappa shape index (κ3) is 4.99. The molecule has 32 heavy (non-hydrogen) atoms. The van der Waals surface area contributed by atoms with Crippen molar-refractivity contribution in [3.8, 4) is 17.1 Å². The van der Waals surface area contributed by atoms with Gasteiger partial charge < -0.3 is 15.0 Å². The van der Waals surface area contributed by atoms with Crippen LogP contribution in [0.2, 0.25) is 0 Å². The van der Waals surface area contributed by atoms with Crippen LogP contribution < -0.4 is 10.1 Å². The predicted octanol–water partition coefficient (Wildman–Crippen LogP) is 4.20. The van der Waals surface area contributed by atoms with E-state index in [9.17, 15) is 13.6 Å². The van der Waals surface area contributed by atoms with Crippen LogP contribution in [0.4, 0.5) is 14.6 Å². The Hall–Kier alpha value is -3.62. The number of ether oxygens (including phenoxy) is 1. The van der Waals surface area contributed by atoms with E-state index in [1.165, 1.54) is 12.1 Å². The molecule has 0 saturated carbocycles. The van der Waals surface area contributed by atoms with Crippen molar-refractivity contribution in [3.05, 3.63) is 66.1 Å². The molecule has 0 unspecified atom stereocenters. The van der Waals surface area contributed by atoms with Crippen molar-refractivity contribution in [3.63, 3.8) is 0 Å². The highest BCUT2D eigenvalue weighted by atomic mass is 19.3. The maximum absolute atomic E-state index is 12.9. The molecular formula is C23H23F2N5O2. The summed E-state index contributed by atoms with van der Waals surface area (Å²) in [7, 11) is 1.82. The first-order chi connectivity index (χ1) is 15.5. The van der Waals surface area contributed by atoms with Gasteiger partial charge in [-0.25, -0.2) is 9.97 Å². The molecule has 1 N–H and O–H groups in total. The van der Waals surface area contributed by atoms with Crippen molar-refractivity contribution in [2.24, 2.45) is 0 Å². The topological polar surface area (TPSA) is 80.2 Å². The number of benzene rings is 1. The Morgan fingerprint density at radius 1 is 1.12 bits per heavy atom. The lowest BCUT2D eigenvalue weighted by molar-refractivity contribution is -0.0499. The van der Waals surface area contributed by atoms with Gasteiger partial charge in [-0.3, -0.25) is 9.78 Å². The van der Waals surface area contributed by atoms with Gasteiger partial charge in [-0.1, -0.05) is 6.07 Å². The van der Waals surface area contributed by atoms with Crippen molar-refractivity contribution < 1.29 is 18.3 Å². The van der Waals surface area contributed by atoms with E-state index in [1.807, 2.05) is 25.2 Å². The Morgan fingerprint density at radius 2 is 1.88 bits per heavy atom. The second-order valence-corrected chi connectivity index (χ2v) is 7.46. The van der Waals surface area contributed by atoms with Crippen LogP contribution in [0.5, 0.6) is 5.75 Å². The summed E-state index contributed by atoms with van der Waals surface area (Å²) < 4.78 is 29.3. The molecule has 0 aliphatic carbocycles. The van der Waals surface area contributed by atoms with Crippen LogP contribution >= 0.6 is 0 Å². The molecule has 0 spiro atoms. The summed E-state index contributed by atoms with van der Waals surface area (Å²) in [6.07, 6.45) is 4.90. The number of rotatable bonds is 6. The number of nitrogens with zero attached hydrogens (tertiary/aromatic N) is 4. The summed E-state index contributed by atoms with van der Waals surface area (Å²) in [6, 6.07) is 11.6. The number of piperidine rings is 1. The van der Waals surface area contributed by atoms with Gasteiger partial charge in [0.05, 0.1) is 0 Å². The number of aromatic nitrogens is 3. The fourth-order valence-electron chi connectivity index (χ4n) is 3.80. The van der Waals surface area contributed by atoms with Gasteiger partial charge in [-0.05, 0) is 43.2 Å². The molecular weight excluding hydrogens is 416 g/mol. The van der Waals surface area contributed by atoms with Gasteiger partial charge in [0.1, 0.15) is 11.6 Å². The standard InChI is InChI=1S/C23H23F2N5O2/c1-26-20-14-19(28-21(29-20)16-5-9-27-10-6-16)15-7-11-30(12-8-15)22(31)17-3-2-4-18(13-17)32-23(24)25/h2-6,9-10,13-15,23H,7-8,11-12H2,1H3,(H,26,28,29). The number of carbonyl (C=O) groups excluding carboxylic acids is 1. The first-order valence-electron chi connectivity index (χ1n) is 10.3. The van der Waals surface area contributed by atoms with Crippen LogP contribution in [-0.4, -0.2) is 52.5 Å². The Kier molecular flexibility index (Phi) is 6.53. The molecule has 4 rings (SSSR count). The molecule has 3 aromatic rings. The Balaban J connectivity index is 1.46. The van der Waals surface area contributed by atoms with Gasteiger partial charge in [0.25, 0.3) is 5.91 Å². The van der Waals surface area contributed by atoms with Crippen molar-refractivity contribution in [1.29, 1.82) is 0 Å². The summed E-state index contributed by atoms with van der Waals surface area (Å²) in [4.78, 5) is 28.0. The lowest BCUT2D eigenvalue weighted by Gasteiger charge is -2.32. The molecule has 1 fully saturated rings. The number of nitrogens with one attached hydrogen (secondary N) is 1. The number of hydrogen-bond acceptors (Lipinski definition) is 6. The molecule has 1 aliphatic heterocycles. The van der Waals surface area contributed by atoms with E-state index in [0.29, 0.717) is 24.5 Å². The van der Waals surface area contributed by atoms with Crippen LogP contribution in [-0.2, 0) is 0 Å². The molecule has 9 heteroatoms. The van der Waals surface area contributed by atoms with E-state index in [-0.39, 0.29) is 17.6 Å². The Labute approximate surface area is 184 Å². The molecule has 0 bridgehead atoms. The fourth-order valence-corrected chi connectivity index (χ4v) is 3.80. The number of alkyl halides is 2. The average molecular weight is 439 g/mol. The highest BCUT2D eigenvalue weighted by Crippen LogP contribution is 2.30. The maximum atomic E-state index is 12.9. The highest BCUT2D eigenvalue weighted by Gasteiger charge is 2.26. The molecule has 7 nitrogen and oxygen atoms in total. The van der Waals surface area contributed by atoms with E-state index < -0.39 is 6.61 Å². The van der Waals surface area contributed by atoms with Crippen LogP contribution in [0.15, 0.2) is 54.9 Å². The van der Waals surface area contributed by atoms with Crippen LogP contribution in [0, 0.1) is 0 Å². The zero-order chi connectivity index (χ0) is 22.5. The molecule has 1 saturated heterocycles. The Morgan fingerprint density at radius 3 is 2.56 bits per heavy atom. The quantitative estimate of drug-likeness (QED) is 0.620. The van der Waals surface area contributed by atoms with Crippen LogP contribution in [0.3, 0.4) is 0 Å². The van der Waals surface area contributed by atoms with Crippen molar-refractivity contribution in [2.75, 3.05) is 25.5 Å². The van der Waals surface area contributed by atoms with E-state index >= 15 is 0 Å². The summed E-state index contributed by atoms with van der Waals surface area (Å²) >= 11 is 0. The largest absolute Gasteiger partial charge is 0.435 e. The fraction of sp³-hybridized carbons (Fsp3) is 0.304. The second-order valence-electron chi connectivity index (χ2n) is 7.46. The van der Waals surface area contributed by atoms with Gasteiger partial charge in [0, 0.05) is 61.3 Å². The zero-order valence-electron chi connectivity index (χ0n) is 17.5. The van der Waals surface area contributed by atoms with Crippen molar-refractivity contribution in [1.82, 2.24) is 19.9 Å². The third-order valence-corrected chi connectivity index (χ3v) is 5.45. The lowest BCUT2D eigenvalue weighted by Crippen LogP contribution is -2.38. The summed E-state index contributed by atoms with van der Waals surface area (Å²) in [5.74, 6) is 1.33. The van der Waals surface area contributed by atoms with Gasteiger partial charge in [-0.15, -0.1) is 0 Å². The third-order valence-electron chi connectivity index (χ3n) is 5.45. The highest BCUT2D eigenvalue weighted by molar-refractivity contribution is 5.94. The van der Waals surface area contributed by atoms with Crippen molar-refractivity contribution >= 4 is 11.7 Å². The molecule has 1 amide bonds. The average Bonchev–Trinajstić information content (AvgIpc) is 2.83. The molecule has 0 atom stereocenters. The lowest BCUT2D eigenvalue weighted by atomic mass is 9.92. The molecule has 1 aromatic carbocycles. The van der Waals surface area contributed by atoms with Gasteiger partial charge in [0.2, 0.25) is 0 Å². The smallest absolute Gasteiger partial charge is 0.387 e. The summed E-state index contributed by atoms with van der Waals surface area (Å²) in [6.45, 7) is -1.83. The maximum Gasteiger partial charge on any atom is 0.387 e. The number of halogens is 2. The molecule has 2 aromatic heterocycles. The number of hydrogen-bond donors (Lipinski definition) is 1. The van der Waals surface area contributed by atoms with E-state index in [4.69, 9.17) is 4.98 Å². The summed E-state index contributed by atoms with van der Waals surface area (Å²) in [5, 5.41) is 3.09. The number of pyridine rings is 1. The molecule has 166 valence electrons. The SMILES string of the molecule is CNc1cc(C2CCN(C(=O)c3cccc(OC(F)F)c3)CC2)nc(-c2ccncc2)n1. The first kappa shape index (κ1) is 21.6. The van der Waals surface area contributed by atoms with E-state index in [2.05, 4.69) is 20.0 Å². The number of anilines is 1. The molecule has 3 heterocycles. The number of likely N-dealkylation sites (tertiary alicyclic amines) is 1. The minimum Gasteiger partial charge on any atom is -0.435 e. The minimum absolute atomic E-state index is 0.0232. The molecule has 1 aliphatic rings. The number of carbonyl (C=O) groups is 1. The predicted molar refractivity (Wildman–Crippen MR) is 116 cm³/mol. The second kappa shape index (κ2) is 9.67. The monoisotopic (exact) mass is 439 g/mol. The van der Waals surface area contributed by atoms with E-state index in [0.717, 1.165) is 29.9 Å². The normalized spacial score (nSPS) is 14.4. The van der Waals surface area contributed by atoms with Gasteiger partial charge in [-0.2, -0.15) is 8.78 Å². The minimum atomic E-state index is -2.93. The number of amides is 1. The first-order valence-corrected chi connectivity index (χ1v) is 10.3. The Bertz CT molecular complexity index is 1070. The van der Waals surface area contributed by atoms with Crippen molar-refractivity contribution in [2.45, 2.75) is 25.4 Å². The summed E-state index contributed by atoms with van der Waals surface area (Å²) in [5.41, 5.74) is 2.15. The van der Waals surface area contributed by atoms with E-state index in [1.54, 1.807) is 29.4 Å². The molecule has 0 radical (unpaired) electrons. The van der Waals surface area contributed by atoms with Crippen LogP contribution in [0.25, 0.3) is 11.4 Å². The van der Waals surface area contributed by atoms with Gasteiger partial charge in [0.15, 0.2) is 5.82 Å².